The fourth-order valence-electron chi connectivity index (χ4n) is 1.77. The average molecular weight is 314 g/mol. The first kappa shape index (κ1) is 13.2. The van der Waals surface area contributed by atoms with E-state index in [4.69, 9.17) is 0 Å². The number of hydrogen-bond donors (Lipinski definition) is 1. The number of halogens is 2. The van der Waals surface area contributed by atoms with Crippen molar-refractivity contribution in [2.75, 3.05) is 0 Å². The zero-order valence-electron chi connectivity index (χ0n) is 9.85. The van der Waals surface area contributed by atoms with Gasteiger partial charge in [0, 0.05) is 17.4 Å². The minimum atomic E-state index is -0.800. The molecule has 1 atom stereocenters. The van der Waals surface area contributed by atoms with E-state index < -0.39 is 6.10 Å². The molecule has 6 heteroatoms. The van der Waals surface area contributed by atoms with E-state index in [0.29, 0.717) is 28.8 Å². The van der Waals surface area contributed by atoms with Crippen molar-refractivity contribution in [2.24, 2.45) is 0 Å². The number of hydrogen-bond acceptors (Lipinski definition) is 3. The molecule has 0 aliphatic carbocycles. The van der Waals surface area contributed by atoms with Gasteiger partial charge in [-0.3, -0.25) is 4.68 Å². The highest BCUT2D eigenvalue weighted by molar-refractivity contribution is 9.10. The Kier molecular flexibility index (Phi) is 4.08. The second kappa shape index (κ2) is 5.58. The summed E-state index contributed by atoms with van der Waals surface area (Å²) >= 11 is 3.20. The molecule has 0 amide bonds. The van der Waals surface area contributed by atoms with Crippen LogP contribution in [0.4, 0.5) is 4.39 Å². The molecule has 0 aliphatic heterocycles. The highest BCUT2D eigenvalue weighted by Gasteiger charge is 2.14. The van der Waals surface area contributed by atoms with Gasteiger partial charge in [-0.15, -0.1) is 0 Å². The van der Waals surface area contributed by atoms with Crippen LogP contribution in [0, 0.1) is 5.82 Å². The first-order valence-electron chi connectivity index (χ1n) is 5.61. The second-order valence-corrected chi connectivity index (χ2v) is 4.83. The maximum Gasteiger partial charge on any atom is 0.138 e. The van der Waals surface area contributed by atoms with Crippen LogP contribution in [0.5, 0.6) is 0 Å². The number of rotatable bonds is 4. The third-order valence-corrected chi connectivity index (χ3v) is 3.10. The van der Waals surface area contributed by atoms with E-state index in [1.54, 1.807) is 10.7 Å². The molecule has 0 spiro atoms. The van der Waals surface area contributed by atoms with E-state index in [-0.39, 0.29) is 5.82 Å². The van der Waals surface area contributed by atoms with Crippen LogP contribution in [0.3, 0.4) is 0 Å². The molecule has 1 aromatic heterocycles. The minimum Gasteiger partial charge on any atom is -0.388 e. The zero-order valence-corrected chi connectivity index (χ0v) is 11.4. The van der Waals surface area contributed by atoms with Gasteiger partial charge in [0.05, 0.1) is 6.10 Å². The molecule has 1 N–H and O–H groups in total. The standard InChI is InChI=1S/C12H13BrFN3O/c1-2-17-12(15-7-16-17)6-11(18)8-3-9(13)5-10(14)4-8/h3-5,7,11,18H,2,6H2,1H3. The Morgan fingerprint density at radius 3 is 2.89 bits per heavy atom. The summed E-state index contributed by atoms with van der Waals surface area (Å²) in [5.41, 5.74) is 0.521. The Labute approximate surface area is 113 Å². The van der Waals surface area contributed by atoms with Crippen molar-refractivity contribution in [3.8, 4) is 0 Å². The van der Waals surface area contributed by atoms with Crippen LogP contribution >= 0.6 is 15.9 Å². The second-order valence-electron chi connectivity index (χ2n) is 3.91. The highest BCUT2D eigenvalue weighted by Crippen LogP contribution is 2.22. The molecule has 1 heterocycles. The average Bonchev–Trinajstić information content (AvgIpc) is 2.75. The molecule has 1 aromatic carbocycles. The van der Waals surface area contributed by atoms with Crippen molar-refractivity contribution >= 4 is 15.9 Å². The molecule has 0 bridgehead atoms. The first-order valence-corrected chi connectivity index (χ1v) is 6.40. The van der Waals surface area contributed by atoms with E-state index in [1.165, 1.54) is 18.5 Å². The van der Waals surface area contributed by atoms with Crippen molar-refractivity contribution in [3.05, 3.63) is 46.2 Å². The lowest BCUT2D eigenvalue weighted by molar-refractivity contribution is 0.173. The fourth-order valence-corrected chi connectivity index (χ4v) is 2.25. The Bertz CT molecular complexity index is 524. The molecule has 2 rings (SSSR count). The van der Waals surface area contributed by atoms with Crippen LogP contribution in [0.25, 0.3) is 0 Å². The summed E-state index contributed by atoms with van der Waals surface area (Å²) in [4.78, 5) is 4.08. The lowest BCUT2D eigenvalue weighted by Gasteiger charge is -2.11. The maximum absolute atomic E-state index is 13.2. The van der Waals surface area contributed by atoms with Crippen LogP contribution in [0.2, 0.25) is 0 Å². The molecule has 96 valence electrons. The Morgan fingerprint density at radius 1 is 1.44 bits per heavy atom. The Morgan fingerprint density at radius 2 is 2.22 bits per heavy atom. The number of benzene rings is 1. The van der Waals surface area contributed by atoms with Crippen LogP contribution in [-0.4, -0.2) is 19.9 Å². The molecular formula is C12H13BrFN3O. The molecule has 4 nitrogen and oxygen atoms in total. The third-order valence-electron chi connectivity index (χ3n) is 2.64. The minimum absolute atomic E-state index is 0.309. The lowest BCUT2D eigenvalue weighted by atomic mass is 10.1. The van der Waals surface area contributed by atoms with Crippen LogP contribution in [-0.2, 0) is 13.0 Å². The van der Waals surface area contributed by atoms with Gasteiger partial charge < -0.3 is 5.11 Å². The van der Waals surface area contributed by atoms with Gasteiger partial charge in [0.25, 0.3) is 0 Å². The largest absolute Gasteiger partial charge is 0.388 e. The Balaban J connectivity index is 2.19. The van der Waals surface area contributed by atoms with Gasteiger partial charge in [-0.05, 0) is 30.7 Å². The topological polar surface area (TPSA) is 50.9 Å². The molecule has 0 radical (unpaired) electrons. The summed E-state index contributed by atoms with van der Waals surface area (Å²) in [6, 6.07) is 4.37. The predicted octanol–water partition coefficient (Wildman–Crippen LogP) is 2.48. The van der Waals surface area contributed by atoms with Crippen molar-refractivity contribution < 1.29 is 9.50 Å². The van der Waals surface area contributed by atoms with Gasteiger partial charge in [-0.25, -0.2) is 9.37 Å². The third kappa shape index (κ3) is 2.94. The summed E-state index contributed by atoms with van der Waals surface area (Å²) in [5.74, 6) is 0.306. The van der Waals surface area contributed by atoms with Crippen molar-refractivity contribution in [1.82, 2.24) is 14.8 Å². The van der Waals surface area contributed by atoms with Crippen molar-refractivity contribution in [2.45, 2.75) is 26.0 Å². The van der Waals surface area contributed by atoms with E-state index in [2.05, 4.69) is 26.0 Å². The summed E-state index contributed by atoms with van der Waals surface area (Å²) in [6.07, 6.45) is 0.961. The van der Waals surface area contributed by atoms with Gasteiger partial charge in [0.1, 0.15) is 18.0 Å². The molecule has 0 aliphatic rings. The van der Waals surface area contributed by atoms with E-state index in [9.17, 15) is 9.50 Å². The normalized spacial score (nSPS) is 12.7. The number of aryl methyl sites for hydroxylation is 1. The monoisotopic (exact) mass is 313 g/mol. The quantitative estimate of drug-likeness (QED) is 0.943. The van der Waals surface area contributed by atoms with E-state index in [1.807, 2.05) is 6.92 Å². The van der Waals surface area contributed by atoms with Gasteiger partial charge in [-0.1, -0.05) is 15.9 Å². The summed E-state index contributed by atoms with van der Waals surface area (Å²) in [6.45, 7) is 2.64. The smallest absolute Gasteiger partial charge is 0.138 e. The molecule has 1 unspecified atom stereocenters. The zero-order chi connectivity index (χ0) is 13.1. The summed E-state index contributed by atoms with van der Waals surface area (Å²) in [7, 11) is 0. The number of aliphatic hydroxyl groups excluding tert-OH is 1. The van der Waals surface area contributed by atoms with E-state index in [0.717, 1.165) is 0 Å². The number of aliphatic hydroxyl groups is 1. The summed E-state index contributed by atoms with van der Waals surface area (Å²) < 4.78 is 15.5. The first-order chi connectivity index (χ1) is 8.60. The molecule has 2 aromatic rings. The highest BCUT2D eigenvalue weighted by atomic mass is 79.9. The van der Waals surface area contributed by atoms with Crippen LogP contribution < -0.4 is 0 Å². The lowest BCUT2D eigenvalue weighted by Crippen LogP contribution is -2.09. The van der Waals surface area contributed by atoms with Crippen LogP contribution in [0.15, 0.2) is 29.0 Å². The van der Waals surface area contributed by atoms with Crippen molar-refractivity contribution in [3.63, 3.8) is 0 Å². The van der Waals surface area contributed by atoms with Gasteiger partial charge in [0.15, 0.2) is 0 Å². The number of aromatic nitrogens is 3. The van der Waals surface area contributed by atoms with Crippen molar-refractivity contribution in [1.29, 1.82) is 0 Å². The summed E-state index contributed by atoms with van der Waals surface area (Å²) in [5, 5.41) is 14.1. The van der Waals surface area contributed by atoms with Gasteiger partial charge >= 0.3 is 0 Å². The number of nitrogens with zero attached hydrogens (tertiary/aromatic N) is 3. The molecule has 0 fully saturated rings. The fraction of sp³-hybridized carbons (Fsp3) is 0.333. The van der Waals surface area contributed by atoms with Crippen LogP contribution in [0.1, 0.15) is 24.4 Å². The molecule has 18 heavy (non-hydrogen) atoms. The molecule has 0 saturated heterocycles. The van der Waals surface area contributed by atoms with Gasteiger partial charge in [-0.2, -0.15) is 5.10 Å². The van der Waals surface area contributed by atoms with Gasteiger partial charge in [0.2, 0.25) is 0 Å². The van der Waals surface area contributed by atoms with E-state index >= 15 is 0 Å². The molecular weight excluding hydrogens is 301 g/mol. The maximum atomic E-state index is 13.2. The Hall–Kier alpha value is -1.27. The molecule has 0 saturated carbocycles. The SMILES string of the molecule is CCn1ncnc1CC(O)c1cc(F)cc(Br)c1. The predicted molar refractivity (Wildman–Crippen MR) is 68.5 cm³/mol.